The van der Waals surface area contributed by atoms with E-state index in [4.69, 9.17) is 4.74 Å². The van der Waals surface area contributed by atoms with Gasteiger partial charge in [-0.1, -0.05) is 25.5 Å². The Bertz CT molecular complexity index is 636. The van der Waals surface area contributed by atoms with Crippen LogP contribution in [0.4, 0.5) is 0 Å². The molecule has 1 heterocycles. The minimum absolute atomic E-state index is 0.109. The number of hydrogen-bond donors (Lipinski definition) is 2. The molecule has 138 valence electrons. The lowest BCUT2D eigenvalue weighted by atomic mass is 9.46. The molecule has 0 spiro atoms. The summed E-state index contributed by atoms with van der Waals surface area (Å²) < 4.78 is 4.76. The predicted octanol–water partition coefficient (Wildman–Crippen LogP) is 3.43. The second-order valence-electron chi connectivity index (χ2n) is 8.41. The van der Waals surface area contributed by atoms with Crippen molar-refractivity contribution in [2.75, 3.05) is 0 Å². The lowest BCUT2D eigenvalue weighted by Crippen LogP contribution is -2.53. The first-order valence-corrected chi connectivity index (χ1v) is 9.19. The van der Waals surface area contributed by atoms with E-state index in [0.717, 1.165) is 38.5 Å². The Hall–Kier alpha value is -1.62. The highest BCUT2D eigenvalue weighted by atomic mass is 16.6. The van der Waals surface area contributed by atoms with E-state index in [9.17, 15) is 19.8 Å². The van der Waals surface area contributed by atoms with Crippen LogP contribution in [0.3, 0.4) is 0 Å². The van der Waals surface area contributed by atoms with E-state index in [1.165, 1.54) is 11.6 Å². The third-order valence-corrected chi connectivity index (χ3v) is 7.04. The third kappa shape index (κ3) is 2.92. The standard InChI is InChI=1S/C20H28O5/c1-12-5-8-15-19(2,9-4-10-20(15,3)18(23)24)14(12)7-6-13-11-16(21)25-17(13)22/h11,14-16,21H,1,4-10H2,2-3H3,(H,23,24). The Morgan fingerprint density at radius 1 is 1.40 bits per heavy atom. The van der Waals surface area contributed by atoms with Gasteiger partial charge < -0.3 is 14.9 Å². The van der Waals surface area contributed by atoms with Crippen molar-refractivity contribution >= 4 is 11.9 Å². The summed E-state index contributed by atoms with van der Waals surface area (Å²) in [6.45, 7) is 8.38. The van der Waals surface area contributed by atoms with Crippen molar-refractivity contribution in [2.24, 2.45) is 22.7 Å². The first-order valence-electron chi connectivity index (χ1n) is 9.19. The fourth-order valence-electron chi connectivity index (χ4n) is 5.68. The highest BCUT2D eigenvalue weighted by Gasteiger charge is 2.57. The van der Waals surface area contributed by atoms with Crippen LogP contribution >= 0.6 is 0 Å². The fourth-order valence-corrected chi connectivity index (χ4v) is 5.68. The van der Waals surface area contributed by atoms with Crippen LogP contribution in [0.25, 0.3) is 0 Å². The molecule has 0 aromatic carbocycles. The van der Waals surface area contributed by atoms with E-state index in [-0.39, 0.29) is 17.3 Å². The molecule has 1 aliphatic heterocycles. The quantitative estimate of drug-likeness (QED) is 0.601. The summed E-state index contributed by atoms with van der Waals surface area (Å²) in [5, 5.41) is 19.3. The van der Waals surface area contributed by atoms with Gasteiger partial charge in [0.1, 0.15) is 0 Å². The molecule has 0 amide bonds. The lowest BCUT2D eigenvalue weighted by Gasteiger charge is -2.57. The maximum atomic E-state index is 12.0. The Balaban J connectivity index is 1.83. The van der Waals surface area contributed by atoms with Gasteiger partial charge in [0.2, 0.25) is 6.29 Å². The van der Waals surface area contributed by atoms with Crippen molar-refractivity contribution in [1.82, 2.24) is 0 Å². The molecule has 3 aliphatic rings. The van der Waals surface area contributed by atoms with Gasteiger partial charge in [-0.05, 0) is 68.8 Å². The second-order valence-corrected chi connectivity index (χ2v) is 8.41. The van der Waals surface area contributed by atoms with Crippen LogP contribution in [0.15, 0.2) is 23.8 Å². The molecule has 5 nitrogen and oxygen atoms in total. The number of esters is 1. The molecule has 25 heavy (non-hydrogen) atoms. The van der Waals surface area contributed by atoms with Crippen molar-refractivity contribution in [2.45, 2.75) is 65.1 Å². The summed E-state index contributed by atoms with van der Waals surface area (Å²) in [6, 6.07) is 0. The first-order chi connectivity index (χ1) is 11.7. The number of aliphatic hydroxyl groups is 1. The maximum absolute atomic E-state index is 12.0. The molecule has 0 aromatic heterocycles. The number of carbonyl (C=O) groups is 2. The topological polar surface area (TPSA) is 83.8 Å². The van der Waals surface area contributed by atoms with Crippen molar-refractivity contribution in [3.63, 3.8) is 0 Å². The van der Waals surface area contributed by atoms with Crippen LogP contribution in [-0.4, -0.2) is 28.4 Å². The molecule has 2 N–H and O–H groups in total. The summed E-state index contributed by atoms with van der Waals surface area (Å²) in [5.74, 6) is -0.831. The number of fused-ring (bicyclic) bond motifs is 1. The molecule has 0 saturated heterocycles. The molecule has 0 radical (unpaired) electrons. The molecule has 5 heteroatoms. The molecule has 2 fully saturated rings. The number of ether oxygens (including phenoxy) is 1. The van der Waals surface area contributed by atoms with Gasteiger partial charge in [0.05, 0.1) is 5.41 Å². The van der Waals surface area contributed by atoms with Crippen LogP contribution in [0, 0.1) is 22.7 Å². The molecule has 0 aromatic rings. The SMILES string of the molecule is C=C1CCC2C(C)(C(=O)O)CCCC2(C)C1CCC1=CC(O)OC1=O. The van der Waals surface area contributed by atoms with Crippen molar-refractivity contribution in [1.29, 1.82) is 0 Å². The number of hydrogen-bond acceptors (Lipinski definition) is 4. The molecule has 3 rings (SSSR count). The summed E-state index contributed by atoms with van der Waals surface area (Å²) in [6.07, 6.45) is 5.96. The van der Waals surface area contributed by atoms with Crippen LogP contribution in [0.5, 0.6) is 0 Å². The van der Waals surface area contributed by atoms with Crippen molar-refractivity contribution in [3.8, 4) is 0 Å². The maximum Gasteiger partial charge on any atom is 0.336 e. The van der Waals surface area contributed by atoms with E-state index in [2.05, 4.69) is 13.5 Å². The lowest BCUT2D eigenvalue weighted by molar-refractivity contribution is -0.164. The van der Waals surface area contributed by atoms with E-state index < -0.39 is 23.6 Å². The molecule has 2 saturated carbocycles. The van der Waals surface area contributed by atoms with E-state index in [1.807, 2.05) is 6.92 Å². The molecular formula is C20H28O5. The predicted molar refractivity (Wildman–Crippen MR) is 92.5 cm³/mol. The van der Waals surface area contributed by atoms with Crippen molar-refractivity contribution < 1.29 is 24.5 Å². The Kier molecular flexibility index (Phi) is 4.56. The zero-order valence-electron chi connectivity index (χ0n) is 15.1. The zero-order chi connectivity index (χ0) is 18.4. The molecule has 2 aliphatic carbocycles. The van der Waals surface area contributed by atoms with Gasteiger partial charge in [0.25, 0.3) is 0 Å². The molecular weight excluding hydrogens is 320 g/mol. The van der Waals surface area contributed by atoms with Crippen molar-refractivity contribution in [3.05, 3.63) is 23.8 Å². The monoisotopic (exact) mass is 348 g/mol. The van der Waals surface area contributed by atoms with Crippen LogP contribution in [-0.2, 0) is 14.3 Å². The number of allylic oxidation sites excluding steroid dienone is 1. The number of aliphatic hydroxyl groups excluding tert-OH is 1. The normalized spacial score (nSPS) is 41.1. The van der Waals surface area contributed by atoms with Gasteiger partial charge in [-0.2, -0.15) is 0 Å². The largest absolute Gasteiger partial charge is 0.481 e. The van der Waals surface area contributed by atoms with Gasteiger partial charge in [-0.3, -0.25) is 4.79 Å². The van der Waals surface area contributed by atoms with E-state index >= 15 is 0 Å². The van der Waals surface area contributed by atoms with Gasteiger partial charge >= 0.3 is 11.9 Å². The Morgan fingerprint density at radius 2 is 2.12 bits per heavy atom. The van der Waals surface area contributed by atoms with Gasteiger partial charge in [-0.15, -0.1) is 0 Å². The highest BCUT2D eigenvalue weighted by molar-refractivity contribution is 5.90. The number of rotatable bonds is 4. The van der Waals surface area contributed by atoms with Crippen LogP contribution < -0.4 is 0 Å². The second kappa shape index (κ2) is 6.27. The van der Waals surface area contributed by atoms with Gasteiger partial charge in [0.15, 0.2) is 0 Å². The minimum Gasteiger partial charge on any atom is -0.481 e. The molecule has 0 bridgehead atoms. The summed E-state index contributed by atoms with van der Waals surface area (Å²) in [7, 11) is 0. The summed E-state index contributed by atoms with van der Waals surface area (Å²) in [4.78, 5) is 23.7. The van der Waals surface area contributed by atoms with Gasteiger partial charge in [0, 0.05) is 5.57 Å². The van der Waals surface area contributed by atoms with Crippen LogP contribution in [0.2, 0.25) is 0 Å². The Morgan fingerprint density at radius 3 is 2.72 bits per heavy atom. The van der Waals surface area contributed by atoms with Gasteiger partial charge in [-0.25, -0.2) is 4.79 Å². The summed E-state index contributed by atoms with van der Waals surface area (Å²) in [5.41, 5.74) is 0.888. The molecule has 5 unspecified atom stereocenters. The van der Waals surface area contributed by atoms with E-state index in [1.54, 1.807) is 0 Å². The minimum atomic E-state index is -1.13. The van der Waals surface area contributed by atoms with E-state index in [0.29, 0.717) is 12.0 Å². The Labute approximate surface area is 148 Å². The number of aliphatic carboxylic acids is 1. The average molecular weight is 348 g/mol. The number of cyclic esters (lactones) is 1. The van der Waals surface area contributed by atoms with Crippen LogP contribution in [0.1, 0.15) is 58.8 Å². The smallest absolute Gasteiger partial charge is 0.336 e. The zero-order valence-corrected chi connectivity index (χ0v) is 15.1. The number of carboxylic acids is 1. The third-order valence-electron chi connectivity index (χ3n) is 7.04. The summed E-state index contributed by atoms with van der Waals surface area (Å²) >= 11 is 0. The number of carbonyl (C=O) groups excluding carboxylic acids is 1. The fraction of sp³-hybridized carbons (Fsp3) is 0.700. The average Bonchev–Trinajstić information content (AvgIpc) is 2.84. The first kappa shape index (κ1) is 18.2. The highest BCUT2D eigenvalue weighted by Crippen LogP contribution is 2.62. The molecule has 5 atom stereocenters. The number of carboxylic acid groups (broad SMARTS) is 1.